The number of hydrogen-bond donors (Lipinski definition) is 0. The number of methoxy groups -OCH3 is 1. The van der Waals surface area contributed by atoms with Crippen LogP contribution in [0.25, 0.3) is 38.2 Å². The summed E-state index contributed by atoms with van der Waals surface area (Å²) >= 11 is 0. The zero-order chi connectivity index (χ0) is 28.8. The standard InChI is InChI=1S/C29H26N12O/c1-38-14-22(12-34-38)20-7-23(28-21(8-30)11-35-41(28)15-20)19-4-5-26(32-10-19)40-17-25-29(40)24(36-37-31)16-39(25)13-18-3-6-27(42-2)33-9-18/h3-7,9-12,14-15,24-25,29H,13,16-17H2,1-2H3/t24-,25-,29-/m0/s1. The van der Waals surface area contributed by atoms with Crippen molar-refractivity contribution >= 4 is 11.3 Å². The van der Waals surface area contributed by atoms with E-state index in [1.165, 1.54) is 0 Å². The van der Waals surface area contributed by atoms with Crippen LogP contribution in [0, 0.1) is 11.3 Å². The fourth-order valence-electron chi connectivity index (χ4n) is 6.11. The lowest BCUT2D eigenvalue weighted by Crippen LogP contribution is -2.64. The zero-order valence-electron chi connectivity index (χ0n) is 23.0. The van der Waals surface area contributed by atoms with Crippen molar-refractivity contribution < 1.29 is 4.74 Å². The molecule has 0 unspecified atom stereocenters. The third-order valence-electron chi connectivity index (χ3n) is 8.14. The van der Waals surface area contributed by atoms with E-state index >= 15 is 0 Å². The Balaban J connectivity index is 1.17. The zero-order valence-corrected chi connectivity index (χ0v) is 23.0. The number of anilines is 1. The lowest BCUT2D eigenvalue weighted by Gasteiger charge is -2.48. The lowest BCUT2D eigenvalue weighted by atomic mass is 9.94. The van der Waals surface area contributed by atoms with Crippen molar-refractivity contribution in [2.75, 3.05) is 25.1 Å². The maximum Gasteiger partial charge on any atom is 0.212 e. The van der Waals surface area contributed by atoms with Gasteiger partial charge in [0.1, 0.15) is 11.9 Å². The summed E-state index contributed by atoms with van der Waals surface area (Å²) in [5.41, 5.74) is 15.2. The maximum absolute atomic E-state index is 9.75. The van der Waals surface area contributed by atoms with Crippen LogP contribution in [-0.2, 0) is 13.6 Å². The molecular formula is C29H26N12O. The molecule has 3 atom stereocenters. The lowest BCUT2D eigenvalue weighted by molar-refractivity contribution is 0.194. The number of rotatable bonds is 7. The molecule has 0 bridgehead atoms. The van der Waals surface area contributed by atoms with E-state index in [-0.39, 0.29) is 18.1 Å². The second-order valence-electron chi connectivity index (χ2n) is 10.5. The molecule has 0 N–H and O–H groups in total. The fraction of sp³-hybridized carbons (Fsp3) is 0.276. The fourth-order valence-corrected chi connectivity index (χ4v) is 6.11. The summed E-state index contributed by atoms with van der Waals surface area (Å²) in [6.45, 7) is 2.16. The van der Waals surface area contributed by atoms with Crippen molar-refractivity contribution in [2.45, 2.75) is 24.7 Å². The molecule has 13 heteroatoms. The van der Waals surface area contributed by atoms with Gasteiger partial charge in [-0.25, -0.2) is 14.5 Å². The summed E-state index contributed by atoms with van der Waals surface area (Å²) in [5, 5.41) is 22.6. The van der Waals surface area contributed by atoms with Crippen LogP contribution in [0.2, 0.25) is 0 Å². The van der Waals surface area contributed by atoms with Crippen molar-refractivity contribution in [2.24, 2.45) is 12.2 Å². The molecule has 2 fully saturated rings. The number of fused-ring (bicyclic) bond motifs is 2. The molecule has 13 nitrogen and oxygen atoms in total. The number of ether oxygens (including phenoxy) is 1. The topological polar surface area (TPSA) is 149 Å². The monoisotopic (exact) mass is 558 g/mol. The smallest absolute Gasteiger partial charge is 0.212 e. The molecule has 0 aromatic carbocycles. The van der Waals surface area contributed by atoms with Crippen molar-refractivity contribution in [3.63, 3.8) is 0 Å². The number of azide groups is 1. The molecule has 2 saturated heterocycles. The minimum Gasteiger partial charge on any atom is -0.481 e. The van der Waals surface area contributed by atoms with E-state index in [9.17, 15) is 10.8 Å². The van der Waals surface area contributed by atoms with E-state index < -0.39 is 0 Å². The third-order valence-corrected chi connectivity index (χ3v) is 8.14. The van der Waals surface area contributed by atoms with Crippen LogP contribution < -0.4 is 9.64 Å². The van der Waals surface area contributed by atoms with Crippen LogP contribution in [0.1, 0.15) is 11.1 Å². The number of aromatic nitrogens is 6. The second-order valence-corrected chi connectivity index (χ2v) is 10.5. The van der Waals surface area contributed by atoms with Crippen molar-refractivity contribution in [1.29, 1.82) is 5.26 Å². The molecule has 2 aliphatic heterocycles. The Morgan fingerprint density at radius 2 is 1.95 bits per heavy atom. The predicted octanol–water partition coefficient (Wildman–Crippen LogP) is 3.82. The molecular weight excluding hydrogens is 532 g/mol. The van der Waals surface area contributed by atoms with E-state index in [4.69, 9.17) is 9.72 Å². The summed E-state index contributed by atoms with van der Waals surface area (Å²) in [5.74, 6) is 1.40. The first-order valence-corrected chi connectivity index (χ1v) is 13.5. The van der Waals surface area contributed by atoms with Crippen LogP contribution in [0.5, 0.6) is 5.88 Å². The summed E-state index contributed by atoms with van der Waals surface area (Å²) < 4.78 is 8.66. The largest absolute Gasteiger partial charge is 0.481 e. The highest BCUT2D eigenvalue weighted by molar-refractivity contribution is 5.87. The molecule has 0 saturated carbocycles. The van der Waals surface area contributed by atoms with Gasteiger partial charge in [-0.3, -0.25) is 9.58 Å². The van der Waals surface area contributed by atoms with Gasteiger partial charge in [0.15, 0.2) is 0 Å². The summed E-state index contributed by atoms with van der Waals surface area (Å²) in [7, 11) is 3.47. The highest BCUT2D eigenvalue weighted by atomic mass is 16.5. The Kier molecular flexibility index (Phi) is 6.19. The normalized spacial score (nSPS) is 19.6. The average Bonchev–Trinajstić information content (AvgIpc) is 3.69. The number of likely N-dealkylation sites (tertiary alicyclic amines) is 1. The molecule has 0 amide bonds. The molecule has 0 radical (unpaired) electrons. The Bertz CT molecular complexity index is 1860. The second kappa shape index (κ2) is 10.2. The van der Waals surface area contributed by atoms with Crippen LogP contribution in [0.3, 0.4) is 0 Å². The van der Waals surface area contributed by atoms with E-state index in [0.29, 0.717) is 24.5 Å². The molecule has 7 rings (SSSR count). The number of aryl methyl sites for hydroxylation is 1. The van der Waals surface area contributed by atoms with E-state index in [0.717, 1.165) is 45.7 Å². The molecule has 5 aromatic rings. The Morgan fingerprint density at radius 1 is 1.05 bits per heavy atom. The molecule has 0 spiro atoms. The molecule has 42 heavy (non-hydrogen) atoms. The van der Waals surface area contributed by atoms with Crippen LogP contribution in [-0.4, -0.2) is 72.6 Å². The van der Waals surface area contributed by atoms with Crippen molar-refractivity contribution in [3.05, 3.63) is 89.1 Å². The van der Waals surface area contributed by atoms with Crippen LogP contribution >= 0.6 is 0 Å². The average molecular weight is 559 g/mol. The highest BCUT2D eigenvalue weighted by Gasteiger charge is 2.52. The van der Waals surface area contributed by atoms with Gasteiger partial charge in [-0.05, 0) is 29.3 Å². The number of pyridine rings is 3. The highest BCUT2D eigenvalue weighted by Crippen LogP contribution is 2.39. The van der Waals surface area contributed by atoms with Gasteiger partial charge in [-0.2, -0.15) is 15.5 Å². The van der Waals surface area contributed by atoms with Gasteiger partial charge >= 0.3 is 0 Å². The first kappa shape index (κ1) is 25.5. The SMILES string of the molecule is COc1ccc(CN2C[C@H](N=[N+]=[N-])[C@H]3[C@@H]2CN3c2ccc(-c3cc(-c4cnn(C)c4)cn4ncc(C#N)c34)cn2)cn1. The molecule has 0 aliphatic carbocycles. The Hall–Kier alpha value is -5.44. The minimum absolute atomic E-state index is 0.0334. The summed E-state index contributed by atoms with van der Waals surface area (Å²) in [4.78, 5) is 16.9. The maximum atomic E-state index is 9.75. The van der Waals surface area contributed by atoms with Gasteiger partial charge in [0, 0.05) is 90.7 Å². The number of nitrogens with zero attached hydrogens (tertiary/aromatic N) is 12. The van der Waals surface area contributed by atoms with Crippen molar-refractivity contribution in [3.8, 4) is 34.2 Å². The van der Waals surface area contributed by atoms with Gasteiger partial charge in [-0.15, -0.1) is 0 Å². The molecule has 208 valence electrons. The first-order chi connectivity index (χ1) is 20.6. The number of hydrogen-bond acceptors (Lipinski definition) is 9. The van der Waals surface area contributed by atoms with Gasteiger partial charge in [0.2, 0.25) is 5.88 Å². The van der Waals surface area contributed by atoms with Gasteiger partial charge in [-0.1, -0.05) is 11.2 Å². The Morgan fingerprint density at radius 3 is 2.64 bits per heavy atom. The predicted molar refractivity (Wildman–Crippen MR) is 154 cm³/mol. The first-order valence-electron chi connectivity index (χ1n) is 13.5. The van der Waals surface area contributed by atoms with Crippen molar-refractivity contribution in [1.82, 2.24) is 34.3 Å². The molecule has 2 aliphatic rings. The van der Waals surface area contributed by atoms with Crippen LogP contribution in [0.4, 0.5) is 5.82 Å². The van der Waals surface area contributed by atoms with Gasteiger partial charge in [0.05, 0.1) is 42.7 Å². The summed E-state index contributed by atoms with van der Waals surface area (Å²) in [6.07, 6.45) is 10.9. The third kappa shape index (κ3) is 4.26. The Labute approximate surface area is 240 Å². The quantitative estimate of drug-likeness (QED) is 0.166. The molecule has 7 heterocycles. The van der Waals surface area contributed by atoms with Gasteiger partial charge < -0.3 is 9.64 Å². The number of nitriles is 1. The van der Waals surface area contributed by atoms with Crippen LogP contribution in [0.15, 0.2) is 72.6 Å². The van der Waals surface area contributed by atoms with E-state index in [1.54, 1.807) is 28.7 Å². The van der Waals surface area contributed by atoms with E-state index in [2.05, 4.69) is 41.1 Å². The minimum atomic E-state index is -0.192. The van der Waals surface area contributed by atoms with Gasteiger partial charge in [0.25, 0.3) is 0 Å². The van der Waals surface area contributed by atoms with E-state index in [1.807, 2.05) is 62.2 Å². The summed E-state index contributed by atoms with van der Waals surface area (Å²) in [6, 6.07) is 12.3. The molecule has 5 aromatic heterocycles.